The Labute approximate surface area is 118 Å². The van der Waals surface area contributed by atoms with E-state index in [1.165, 1.54) is 12.8 Å². The summed E-state index contributed by atoms with van der Waals surface area (Å²) in [5.41, 5.74) is 6.74. The molecular formula is C13H21N5O2. The normalized spacial score (nSPS) is 15.4. The highest BCUT2D eigenvalue weighted by Gasteiger charge is 2.21. The number of hydrogen-bond donors (Lipinski definition) is 2. The lowest BCUT2D eigenvalue weighted by Crippen LogP contribution is -2.26. The summed E-state index contributed by atoms with van der Waals surface area (Å²) in [6.45, 7) is 4.03. The zero-order chi connectivity index (χ0) is 14.5. The van der Waals surface area contributed by atoms with Crippen LogP contribution in [0.25, 0.3) is 0 Å². The molecule has 1 aromatic rings. The molecule has 3 N–H and O–H groups in total. The van der Waals surface area contributed by atoms with Crippen molar-refractivity contribution in [2.45, 2.75) is 19.8 Å². The summed E-state index contributed by atoms with van der Waals surface area (Å²) in [6.07, 6.45) is 2.58. The van der Waals surface area contributed by atoms with Crippen molar-refractivity contribution in [2.24, 2.45) is 16.8 Å². The van der Waals surface area contributed by atoms with E-state index in [9.17, 15) is 0 Å². The van der Waals surface area contributed by atoms with E-state index in [0.29, 0.717) is 24.8 Å². The van der Waals surface area contributed by atoms with Gasteiger partial charge in [-0.25, -0.2) is 9.97 Å². The summed E-state index contributed by atoms with van der Waals surface area (Å²) in [4.78, 5) is 10.5. The first-order chi connectivity index (χ1) is 9.60. The van der Waals surface area contributed by atoms with Crippen LogP contribution >= 0.6 is 0 Å². The minimum atomic E-state index is -0.0184. The van der Waals surface area contributed by atoms with Gasteiger partial charge in [-0.05, 0) is 31.7 Å². The molecular weight excluding hydrogens is 258 g/mol. The van der Waals surface area contributed by atoms with Crippen molar-refractivity contribution in [1.29, 1.82) is 0 Å². The van der Waals surface area contributed by atoms with Crippen LogP contribution in [-0.4, -0.2) is 47.8 Å². The van der Waals surface area contributed by atoms with Crippen molar-refractivity contribution >= 4 is 11.8 Å². The number of oxime groups is 1. The molecule has 1 aliphatic rings. The monoisotopic (exact) mass is 279 g/mol. The second kappa shape index (κ2) is 6.51. The first-order valence-corrected chi connectivity index (χ1v) is 6.72. The molecule has 1 heterocycles. The molecule has 7 heteroatoms. The maximum absolute atomic E-state index is 8.71. The lowest BCUT2D eigenvalue weighted by atomic mass is 10.3. The number of rotatable bonds is 7. The van der Waals surface area contributed by atoms with Crippen LogP contribution in [0.15, 0.2) is 11.2 Å². The Kier molecular flexibility index (Phi) is 4.73. The number of nitrogens with two attached hydrogens (primary N) is 1. The third kappa shape index (κ3) is 4.06. The highest BCUT2D eigenvalue weighted by atomic mass is 16.5. The van der Waals surface area contributed by atoms with E-state index in [1.54, 1.807) is 6.07 Å². The molecule has 0 atom stereocenters. The molecule has 0 aliphatic heterocycles. The molecule has 0 bridgehead atoms. The van der Waals surface area contributed by atoms with Crippen molar-refractivity contribution < 1.29 is 9.94 Å². The predicted octanol–water partition coefficient (Wildman–Crippen LogP) is 0.742. The first kappa shape index (κ1) is 14.5. The van der Waals surface area contributed by atoms with Gasteiger partial charge < -0.3 is 20.6 Å². The van der Waals surface area contributed by atoms with E-state index in [0.717, 1.165) is 18.2 Å². The number of aryl methyl sites for hydroxylation is 1. The third-order valence-electron chi connectivity index (χ3n) is 3.18. The average molecular weight is 279 g/mol. The Morgan fingerprint density at radius 2 is 2.30 bits per heavy atom. The molecule has 7 nitrogen and oxygen atoms in total. The molecule has 0 unspecified atom stereocenters. The van der Waals surface area contributed by atoms with E-state index >= 15 is 0 Å². The number of ether oxygens (including phenoxy) is 1. The van der Waals surface area contributed by atoms with Gasteiger partial charge >= 0.3 is 0 Å². The number of likely N-dealkylation sites (N-methyl/N-ethyl adjacent to an activating group) is 1. The molecule has 1 fully saturated rings. The lowest BCUT2D eigenvalue weighted by molar-refractivity contribution is 0.130. The minimum absolute atomic E-state index is 0.0184. The summed E-state index contributed by atoms with van der Waals surface area (Å²) in [7, 11) is 1.89. The molecule has 0 radical (unpaired) electrons. The van der Waals surface area contributed by atoms with Crippen molar-refractivity contribution in [2.75, 3.05) is 31.7 Å². The van der Waals surface area contributed by atoms with Gasteiger partial charge in [0.15, 0.2) is 5.84 Å². The van der Waals surface area contributed by atoms with Crippen molar-refractivity contribution in [3.05, 3.63) is 17.5 Å². The summed E-state index contributed by atoms with van der Waals surface area (Å²) in [5, 5.41) is 11.7. The quantitative estimate of drug-likeness (QED) is 0.251. The SMILES string of the molecule is Cc1cc(/C(N)=N/O)nc(N(C)CCOCC2CC2)n1. The van der Waals surface area contributed by atoms with Crippen molar-refractivity contribution in [1.82, 2.24) is 9.97 Å². The number of hydrogen-bond acceptors (Lipinski definition) is 6. The second-order valence-electron chi connectivity index (χ2n) is 5.12. The molecule has 1 saturated carbocycles. The van der Waals surface area contributed by atoms with Crippen LogP contribution in [0.3, 0.4) is 0 Å². The van der Waals surface area contributed by atoms with Gasteiger partial charge in [0.05, 0.1) is 6.61 Å². The highest BCUT2D eigenvalue weighted by Crippen LogP contribution is 2.28. The van der Waals surface area contributed by atoms with E-state index in [1.807, 2.05) is 18.9 Å². The number of anilines is 1. The highest BCUT2D eigenvalue weighted by molar-refractivity contribution is 5.95. The lowest BCUT2D eigenvalue weighted by Gasteiger charge is -2.18. The van der Waals surface area contributed by atoms with E-state index in [2.05, 4.69) is 15.1 Å². The van der Waals surface area contributed by atoms with Gasteiger partial charge in [-0.1, -0.05) is 5.16 Å². The molecule has 20 heavy (non-hydrogen) atoms. The molecule has 0 aromatic carbocycles. The smallest absolute Gasteiger partial charge is 0.226 e. The summed E-state index contributed by atoms with van der Waals surface area (Å²) >= 11 is 0. The van der Waals surface area contributed by atoms with Crippen LogP contribution in [0.2, 0.25) is 0 Å². The van der Waals surface area contributed by atoms with E-state index < -0.39 is 0 Å². The van der Waals surface area contributed by atoms with Crippen LogP contribution in [0.4, 0.5) is 5.95 Å². The van der Waals surface area contributed by atoms with Crippen LogP contribution in [0.1, 0.15) is 24.2 Å². The van der Waals surface area contributed by atoms with Gasteiger partial charge in [-0.2, -0.15) is 0 Å². The molecule has 0 amide bonds. The van der Waals surface area contributed by atoms with Gasteiger partial charge in [-0.3, -0.25) is 0 Å². The van der Waals surface area contributed by atoms with Gasteiger partial charge in [0, 0.05) is 25.9 Å². The maximum Gasteiger partial charge on any atom is 0.226 e. The van der Waals surface area contributed by atoms with Crippen LogP contribution in [-0.2, 0) is 4.74 Å². The Hall–Kier alpha value is -1.89. The maximum atomic E-state index is 8.71. The standard InChI is InChI=1S/C13H21N5O2/c1-9-7-11(12(14)17-19)16-13(15-9)18(2)5-6-20-8-10-3-4-10/h7,10,19H,3-6,8H2,1-2H3,(H2,14,17). The van der Waals surface area contributed by atoms with Gasteiger partial charge in [0.25, 0.3) is 0 Å². The average Bonchev–Trinajstić information content (AvgIpc) is 3.25. The van der Waals surface area contributed by atoms with E-state index in [-0.39, 0.29) is 5.84 Å². The first-order valence-electron chi connectivity index (χ1n) is 6.72. The van der Waals surface area contributed by atoms with Crippen molar-refractivity contribution in [3.8, 4) is 0 Å². The summed E-state index contributed by atoms with van der Waals surface area (Å²) in [6, 6.07) is 1.68. The summed E-state index contributed by atoms with van der Waals surface area (Å²) < 4.78 is 5.59. The Balaban J connectivity index is 1.93. The Morgan fingerprint density at radius 3 is 2.95 bits per heavy atom. The van der Waals surface area contributed by atoms with Gasteiger partial charge in [0.2, 0.25) is 5.95 Å². The molecule has 0 saturated heterocycles. The van der Waals surface area contributed by atoms with Gasteiger partial charge in [0.1, 0.15) is 5.69 Å². The minimum Gasteiger partial charge on any atom is -0.409 e. The van der Waals surface area contributed by atoms with E-state index in [4.69, 9.17) is 15.7 Å². The fraction of sp³-hybridized carbons (Fsp3) is 0.615. The van der Waals surface area contributed by atoms with Crippen molar-refractivity contribution in [3.63, 3.8) is 0 Å². The second-order valence-corrected chi connectivity index (χ2v) is 5.12. The fourth-order valence-electron chi connectivity index (χ4n) is 1.74. The zero-order valence-corrected chi connectivity index (χ0v) is 11.9. The molecule has 1 aromatic heterocycles. The third-order valence-corrected chi connectivity index (χ3v) is 3.18. The van der Waals surface area contributed by atoms with Gasteiger partial charge in [-0.15, -0.1) is 0 Å². The predicted molar refractivity (Wildman–Crippen MR) is 76.1 cm³/mol. The fourth-order valence-corrected chi connectivity index (χ4v) is 1.74. The molecule has 0 spiro atoms. The zero-order valence-electron chi connectivity index (χ0n) is 11.9. The Morgan fingerprint density at radius 1 is 1.55 bits per heavy atom. The Bertz CT molecular complexity index is 488. The van der Waals surface area contributed by atoms with Crippen LogP contribution in [0, 0.1) is 12.8 Å². The molecule has 2 rings (SSSR count). The van der Waals surface area contributed by atoms with Crippen LogP contribution in [0.5, 0.6) is 0 Å². The largest absolute Gasteiger partial charge is 0.409 e. The topological polar surface area (TPSA) is 96.9 Å². The molecule has 110 valence electrons. The van der Waals surface area contributed by atoms with Crippen LogP contribution < -0.4 is 10.6 Å². The summed E-state index contributed by atoms with van der Waals surface area (Å²) in [5.74, 6) is 1.29. The number of amidine groups is 1. The number of nitrogens with zero attached hydrogens (tertiary/aromatic N) is 4. The number of aromatic nitrogens is 2. The molecule has 1 aliphatic carbocycles.